The molecule has 1 N–H and O–H groups in total. The standard InChI is InChI=1S/C11H6ClF3N2O3/c12-10-16-7-2-1-5(11(13,14)15)3-6(7)9(20)17(10)4-8(18)19/h1-3H,4H2,(H,18,19). The summed E-state index contributed by atoms with van der Waals surface area (Å²) < 4.78 is 38.4. The summed E-state index contributed by atoms with van der Waals surface area (Å²) in [6, 6.07) is 2.41. The maximum atomic E-state index is 12.6. The smallest absolute Gasteiger partial charge is 0.416 e. The molecule has 2 aromatic rings. The number of halogens is 4. The summed E-state index contributed by atoms with van der Waals surface area (Å²) in [4.78, 5) is 26.3. The molecule has 9 heteroatoms. The Labute approximate surface area is 114 Å². The number of benzene rings is 1. The van der Waals surface area contributed by atoms with E-state index in [0.29, 0.717) is 10.6 Å². The van der Waals surface area contributed by atoms with E-state index >= 15 is 0 Å². The topological polar surface area (TPSA) is 72.2 Å². The highest BCUT2D eigenvalue weighted by Crippen LogP contribution is 2.30. The first-order valence-electron chi connectivity index (χ1n) is 5.19. The van der Waals surface area contributed by atoms with Gasteiger partial charge in [-0.2, -0.15) is 13.2 Å². The fourth-order valence-corrected chi connectivity index (χ4v) is 1.87. The Morgan fingerprint density at radius 1 is 1.40 bits per heavy atom. The summed E-state index contributed by atoms with van der Waals surface area (Å²) >= 11 is 5.65. The molecule has 0 amide bonds. The second-order valence-electron chi connectivity index (χ2n) is 3.90. The van der Waals surface area contributed by atoms with Crippen molar-refractivity contribution in [3.63, 3.8) is 0 Å². The molecule has 5 nitrogen and oxygen atoms in total. The van der Waals surface area contributed by atoms with Crippen LogP contribution in [-0.4, -0.2) is 20.6 Å². The van der Waals surface area contributed by atoms with Crippen LogP contribution in [-0.2, 0) is 17.5 Å². The first-order chi connectivity index (χ1) is 9.20. The molecule has 0 aliphatic heterocycles. The van der Waals surface area contributed by atoms with Crippen molar-refractivity contribution in [1.29, 1.82) is 0 Å². The van der Waals surface area contributed by atoms with E-state index in [4.69, 9.17) is 16.7 Å². The van der Waals surface area contributed by atoms with Gasteiger partial charge in [0.2, 0.25) is 5.28 Å². The Morgan fingerprint density at radius 3 is 2.60 bits per heavy atom. The Kier molecular flexibility index (Phi) is 3.43. The zero-order valence-corrected chi connectivity index (χ0v) is 10.4. The fourth-order valence-electron chi connectivity index (χ4n) is 1.64. The fraction of sp³-hybridized carbons (Fsp3) is 0.182. The normalized spacial score (nSPS) is 11.8. The predicted molar refractivity (Wildman–Crippen MR) is 63.7 cm³/mol. The third kappa shape index (κ3) is 2.60. The molecular formula is C11H6ClF3N2O3. The molecule has 0 saturated heterocycles. The van der Waals surface area contributed by atoms with Gasteiger partial charge in [-0.25, -0.2) is 4.98 Å². The van der Waals surface area contributed by atoms with E-state index in [0.717, 1.165) is 12.1 Å². The average Bonchev–Trinajstić information content (AvgIpc) is 2.32. The number of rotatable bonds is 2. The molecule has 0 aliphatic rings. The average molecular weight is 307 g/mol. The third-order valence-electron chi connectivity index (χ3n) is 2.53. The van der Waals surface area contributed by atoms with Crippen molar-refractivity contribution in [1.82, 2.24) is 9.55 Å². The van der Waals surface area contributed by atoms with Crippen molar-refractivity contribution < 1.29 is 23.1 Å². The molecule has 2 rings (SSSR count). The van der Waals surface area contributed by atoms with E-state index in [2.05, 4.69) is 4.98 Å². The third-order valence-corrected chi connectivity index (χ3v) is 2.82. The van der Waals surface area contributed by atoms with Gasteiger partial charge in [-0.15, -0.1) is 0 Å². The Hall–Kier alpha value is -2.09. The van der Waals surface area contributed by atoms with E-state index in [1.807, 2.05) is 0 Å². The van der Waals surface area contributed by atoms with Gasteiger partial charge in [-0.05, 0) is 29.8 Å². The number of carboxylic acid groups (broad SMARTS) is 1. The molecule has 1 heterocycles. The van der Waals surface area contributed by atoms with Crippen LogP contribution in [0.1, 0.15) is 5.56 Å². The summed E-state index contributed by atoms with van der Waals surface area (Å²) in [6.45, 7) is -0.781. The van der Waals surface area contributed by atoms with E-state index in [-0.39, 0.29) is 10.9 Å². The van der Waals surface area contributed by atoms with E-state index in [1.165, 1.54) is 0 Å². The van der Waals surface area contributed by atoms with Gasteiger partial charge < -0.3 is 5.11 Å². The molecule has 0 bridgehead atoms. The molecule has 1 aromatic carbocycles. The minimum Gasteiger partial charge on any atom is -0.480 e. The van der Waals surface area contributed by atoms with Crippen LogP contribution < -0.4 is 5.56 Å². The van der Waals surface area contributed by atoms with Crippen LogP contribution in [0.5, 0.6) is 0 Å². The summed E-state index contributed by atoms with van der Waals surface area (Å²) in [7, 11) is 0. The molecule has 0 spiro atoms. The zero-order valence-electron chi connectivity index (χ0n) is 9.61. The van der Waals surface area contributed by atoms with E-state index in [1.54, 1.807) is 0 Å². The van der Waals surface area contributed by atoms with Crippen LogP contribution in [0.15, 0.2) is 23.0 Å². The predicted octanol–water partition coefficient (Wildman–Crippen LogP) is 2.15. The van der Waals surface area contributed by atoms with Crippen LogP contribution in [0.4, 0.5) is 13.2 Å². The summed E-state index contributed by atoms with van der Waals surface area (Å²) in [5.41, 5.74) is -1.99. The largest absolute Gasteiger partial charge is 0.480 e. The number of carboxylic acids is 1. The summed E-state index contributed by atoms with van der Waals surface area (Å²) in [5.74, 6) is -1.36. The lowest BCUT2D eigenvalue weighted by atomic mass is 10.1. The number of hydrogen-bond donors (Lipinski definition) is 1. The van der Waals surface area contributed by atoms with Gasteiger partial charge in [-0.1, -0.05) is 0 Å². The number of aliphatic carboxylic acids is 1. The SMILES string of the molecule is O=C(O)Cn1c(Cl)nc2ccc(C(F)(F)F)cc2c1=O. The van der Waals surface area contributed by atoms with E-state index in [9.17, 15) is 22.8 Å². The van der Waals surface area contributed by atoms with Gasteiger partial charge in [0.05, 0.1) is 16.5 Å². The van der Waals surface area contributed by atoms with Crippen molar-refractivity contribution in [2.75, 3.05) is 0 Å². The minimum absolute atomic E-state index is 0.0327. The second-order valence-corrected chi connectivity index (χ2v) is 4.23. The van der Waals surface area contributed by atoms with Crippen molar-refractivity contribution in [2.45, 2.75) is 12.7 Å². The molecule has 0 aliphatic carbocycles. The maximum absolute atomic E-state index is 12.6. The number of nitrogens with zero attached hydrogens (tertiary/aromatic N) is 2. The van der Waals surface area contributed by atoms with Crippen molar-refractivity contribution >= 4 is 28.5 Å². The molecule has 0 unspecified atom stereocenters. The first-order valence-corrected chi connectivity index (χ1v) is 5.57. The van der Waals surface area contributed by atoms with Gasteiger partial charge in [0, 0.05) is 0 Å². The van der Waals surface area contributed by atoms with Gasteiger partial charge in [0.1, 0.15) is 6.54 Å². The highest BCUT2D eigenvalue weighted by atomic mass is 35.5. The molecule has 106 valence electrons. The molecular weight excluding hydrogens is 301 g/mol. The number of aromatic nitrogens is 2. The van der Waals surface area contributed by atoms with Crippen LogP contribution in [0.3, 0.4) is 0 Å². The first kappa shape index (κ1) is 14.3. The quantitative estimate of drug-likeness (QED) is 0.863. The molecule has 0 atom stereocenters. The van der Waals surface area contributed by atoms with Gasteiger partial charge in [0.25, 0.3) is 5.56 Å². The highest BCUT2D eigenvalue weighted by Gasteiger charge is 2.31. The number of fused-ring (bicyclic) bond motifs is 1. The Bertz CT molecular complexity index is 755. The van der Waals surface area contributed by atoms with E-state index < -0.39 is 35.1 Å². The van der Waals surface area contributed by atoms with Crippen molar-refractivity contribution in [3.05, 3.63) is 39.4 Å². The van der Waals surface area contributed by atoms with Crippen molar-refractivity contribution in [3.8, 4) is 0 Å². The Morgan fingerprint density at radius 2 is 2.05 bits per heavy atom. The number of alkyl halides is 3. The second kappa shape index (κ2) is 4.78. The van der Waals surface area contributed by atoms with Gasteiger partial charge >= 0.3 is 12.1 Å². The molecule has 0 saturated carbocycles. The lowest BCUT2D eigenvalue weighted by Gasteiger charge is -2.09. The molecule has 20 heavy (non-hydrogen) atoms. The zero-order chi connectivity index (χ0) is 15.1. The minimum atomic E-state index is -4.61. The van der Waals surface area contributed by atoms with Crippen LogP contribution in [0, 0.1) is 0 Å². The lowest BCUT2D eigenvalue weighted by Crippen LogP contribution is -2.26. The molecule has 0 fully saturated rings. The van der Waals surface area contributed by atoms with Gasteiger partial charge in [0.15, 0.2) is 0 Å². The highest BCUT2D eigenvalue weighted by molar-refractivity contribution is 6.28. The lowest BCUT2D eigenvalue weighted by molar-refractivity contribution is -0.138. The van der Waals surface area contributed by atoms with Crippen LogP contribution in [0.25, 0.3) is 10.9 Å². The van der Waals surface area contributed by atoms with Crippen LogP contribution in [0.2, 0.25) is 5.28 Å². The molecule has 0 radical (unpaired) electrons. The Balaban J connectivity index is 2.74. The number of hydrogen-bond acceptors (Lipinski definition) is 3. The summed E-state index contributed by atoms with van der Waals surface area (Å²) in [5, 5.41) is 7.90. The monoisotopic (exact) mass is 306 g/mol. The maximum Gasteiger partial charge on any atom is 0.416 e. The summed E-state index contributed by atoms with van der Waals surface area (Å²) in [6.07, 6.45) is -4.61. The number of carbonyl (C=O) groups is 1. The van der Waals surface area contributed by atoms with Gasteiger partial charge in [-0.3, -0.25) is 14.2 Å². The van der Waals surface area contributed by atoms with Crippen LogP contribution >= 0.6 is 11.6 Å². The molecule has 1 aromatic heterocycles. The van der Waals surface area contributed by atoms with Crippen molar-refractivity contribution in [2.24, 2.45) is 0 Å².